The molecule has 0 bridgehead atoms. The standard InChI is InChI=1S/C27H24N2O7S/c1-17-5-3-6-19-12-21(26(30)28-25(17)19)15-29(14-18-9-10-23-24(11-18)36-16-35-23)37(32,33)22-8-4-7-20(13-22)27(31)34-2/h3-13,21H,14-16H2,1-2H3. The van der Waals surface area contributed by atoms with Crippen LogP contribution in [-0.4, -0.2) is 45.0 Å². The zero-order chi connectivity index (χ0) is 26.2. The zero-order valence-electron chi connectivity index (χ0n) is 20.2. The topological polar surface area (TPSA) is 112 Å². The minimum absolute atomic E-state index is 0.0419. The number of fused-ring (bicyclic) bond motifs is 2. The summed E-state index contributed by atoms with van der Waals surface area (Å²) < 4.78 is 44.5. The van der Waals surface area contributed by atoms with Crippen molar-refractivity contribution in [2.75, 3.05) is 20.4 Å². The number of sulfonamides is 1. The number of benzene rings is 3. The Morgan fingerprint density at radius 2 is 1.86 bits per heavy atom. The molecule has 0 fully saturated rings. The van der Waals surface area contributed by atoms with E-state index in [1.54, 1.807) is 24.3 Å². The van der Waals surface area contributed by atoms with Gasteiger partial charge in [-0.1, -0.05) is 36.4 Å². The number of hydrogen-bond donors (Lipinski definition) is 0. The van der Waals surface area contributed by atoms with Crippen molar-refractivity contribution >= 4 is 28.0 Å². The Bertz CT molecular complexity index is 1630. The van der Waals surface area contributed by atoms with Crippen LogP contribution in [0.25, 0.3) is 6.08 Å². The van der Waals surface area contributed by atoms with Crippen LogP contribution >= 0.6 is 0 Å². The lowest BCUT2D eigenvalue weighted by atomic mass is 10.0. The summed E-state index contributed by atoms with van der Waals surface area (Å²) in [5.41, 5.74) is 1.62. The average molecular weight is 521 g/mol. The Morgan fingerprint density at radius 3 is 2.68 bits per heavy atom. The van der Waals surface area contributed by atoms with Crippen molar-refractivity contribution in [3.05, 3.63) is 87.9 Å². The molecule has 0 aromatic heterocycles. The van der Waals surface area contributed by atoms with Gasteiger partial charge in [-0.3, -0.25) is 4.79 Å². The van der Waals surface area contributed by atoms with Gasteiger partial charge in [-0.05, 0) is 53.6 Å². The molecular weight excluding hydrogens is 496 g/mol. The summed E-state index contributed by atoms with van der Waals surface area (Å²) >= 11 is 0. The first kappa shape index (κ1) is 24.7. The summed E-state index contributed by atoms with van der Waals surface area (Å²) in [6.45, 7) is 1.77. The summed E-state index contributed by atoms with van der Waals surface area (Å²) in [4.78, 5) is 29.2. The number of methoxy groups -OCH3 is 1. The Labute approximate surface area is 213 Å². The van der Waals surface area contributed by atoms with Gasteiger partial charge in [0.25, 0.3) is 5.91 Å². The summed E-state index contributed by atoms with van der Waals surface area (Å²) in [6.07, 6.45) is 1.75. The van der Waals surface area contributed by atoms with Crippen LogP contribution in [0.2, 0.25) is 0 Å². The van der Waals surface area contributed by atoms with Crippen LogP contribution in [0.1, 0.15) is 21.5 Å². The highest BCUT2D eigenvalue weighted by molar-refractivity contribution is 7.89. The normalized spacial score (nSPS) is 16.1. The lowest BCUT2D eigenvalue weighted by Crippen LogP contribution is -2.41. The summed E-state index contributed by atoms with van der Waals surface area (Å²) in [5.74, 6) is -0.772. The maximum atomic E-state index is 13.9. The van der Waals surface area contributed by atoms with E-state index in [0.717, 1.165) is 10.8 Å². The molecule has 0 aliphatic carbocycles. The number of aryl methyl sites for hydroxylation is 1. The second-order valence-electron chi connectivity index (χ2n) is 8.74. The highest BCUT2D eigenvalue weighted by atomic mass is 32.2. The fraction of sp³-hybridized carbons (Fsp3) is 0.222. The molecule has 1 amide bonds. The largest absolute Gasteiger partial charge is 0.465 e. The SMILES string of the molecule is COC(=O)c1cccc(S(=O)(=O)N(Cc2ccc3c(c2)OCO3)CC2C=c3cccc(C)c3=NC2=O)c1. The van der Waals surface area contributed by atoms with Crippen molar-refractivity contribution in [2.45, 2.75) is 18.4 Å². The van der Waals surface area contributed by atoms with E-state index in [2.05, 4.69) is 4.99 Å². The monoisotopic (exact) mass is 520 g/mol. The van der Waals surface area contributed by atoms with Crippen LogP contribution < -0.4 is 20.0 Å². The third-order valence-corrected chi connectivity index (χ3v) is 8.09. The molecule has 3 aromatic carbocycles. The number of ether oxygens (including phenoxy) is 3. The molecule has 2 aliphatic heterocycles. The van der Waals surface area contributed by atoms with Crippen molar-refractivity contribution in [3.8, 4) is 11.5 Å². The molecule has 190 valence electrons. The van der Waals surface area contributed by atoms with E-state index in [1.807, 2.05) is 25.1 Å². The molecular formula is C27H24N2O7S. The van der Waals surface area contributed by atoms with Gasteiger partial charge in [-0.15, -0.1) is 0 Å². The van der Waals surface area contributed by atoms with E-state index in [1.165, 1.54) is 35.7 Å². The maximum absolute atomic E-state index is 13.9. The first-order chi connectivity index (χ1) is 17.8. The molecule has 0 spiro atoms. The molecule has 37 heavy (non-hydrogen) atoms. The van der Waals surface area contributed by atoms with E-state index in [-0.39, 0.29) is 30.3 Å². The van der Waals surface area contributed by atoms with E-state index in [4.69, 9.17) is 14.2 Å². The first-order valence-electron chi connectivity index (χ1n) is 11.5. The molecule has 0 radical (unpaired) electrons. The number of carbonyl (C=O) groups excluding carboxylic acids is 2. The van der Waals surface area contributed by atoms with Crippen LogP contribution in [-0.2, 0) is 26.1 Å². The van der Waals surface area contributed by atoms with E-state index in [9.17, 15) is 18.0 Å². The molecule has 3 aromatic rings. The summed E-state index contributed by atoms with van der Waals surface area (Å²) in [6, 6.07) is 16.4. The minimum Gasteiger partial charge on any atom is -0.465 e. The minimum atomic E-state index is -4.15. The predicted molar refractivity (Wildman–Crippen MR) is 133 cm³/mol. The maximum Gasteiger partial charge on any atom is 0.337 e. The molecule has 0 N–H and O–H groups in total. The lowest BCUT2D eigenvalue weighted by molar-refractivity contribution is -0.120. The Hall–Kier alpha value is -4.02. The average Bonchev–Trinajstić information content (AvgIpc) is 3.37. The molecule has 1 unspecified atom stereocenters. The van der Waals surface area contributed by atoms with Gasteiger partial charge in [0.15, 0.2) is 11.5 Å². The number of nitrogens with zero attached hydrogens (tertiary/aromatic N) is 2. The third kappa shape index (κ3) is 4.85. The number of esters is 1. The van der Waals surface area contributed by atoms with Gasteiger partial charge in [-0.25, -0.2) is 18.2 Å². The first-order valence-corrected chi connectivity index (χ1v) is 13.0. The van der Waals surface area contributed by atoms with Crippen molar-refractivity contribution in [3.63, 3.8) is 0 Å². The summed E-state index contributed by atoms with van der Waals surface area (Å²) in [5, 5.41) is 1.37. The molecule has 2 heterocycles. The molecule has 0 saturated heterocycles. The van der Waals surface area contributed by atoms with Gasteiger partial charge in [0.05, 0.1) is 28.8 Å². The predicted octanol–water partition coefficient (Wildman–Crippen LogP) is 1.96. The molecule has 10 heteroatoms. The van der Waals surface area contributed by atoms with Crippen molar-refractivity contribution in [2.24, 2.45) is 10.9 Å². The van der Waals surface area contributed by atoms with Gasteiger partial charge in [-0.2, -0.15) is 4.31 Å². The smallest absolute Gasteiger partial charge is 0.337 e. The van der Waals surface area contributed by atoms with Crippen LogP contribution in [0.4, 0.5) is 0 Å². The number of carbonyl (C=O) groups is 2. The van der Waals surface area contributed by atoms with E-state index >= 15 is 0 Å². The Morgan fingerprint density at radius 1 is 1.08 bits per heavy atom. The quantitative estimate of drug-likeness (QED) is 0.438. The highest BCUT2D eigenvalue weighted by Crippen LogP contribution is 2.33. The number of rotatable bonds is 7. The molecule has 5 rings (SSSR count). The second-order valence-corrected chi connectivity index (χ2v) is 10.7. The number of hydrogen-bond acceptors (Lipinski definition) is 7. The van der Waals surface area contributed by atoms with Crippen LogP contribution in [0.3, 0.4) is 0 Å². The van der Waals surface area contributed by atoms with Gasteiger partial charge >= 0.3 is 5.97 Å². The molecule has 9 nitrogen and oxygen atoms in total. The lowest BCUT2D eigenvalue weighted by Gasteiger charge is -2.26. The van der Waals surface area contributed by atoms with Crippen molar-refractivity contribution in [1.29, 1.82) is 0 Å². The van der Waals surface area contributed by atoms with E-state index < -0.39 is 27.8 Å². The van der Waals surface area contributed by atoms with Gasteiger partial charge in [0.1, 0.15) is 0 Å². The fourth-order valence-electron chi connectivity index (χ4n) is 4.34. The third-order valence-electron chi connectivity index (χ3n) is 6.28. The second kappa shape index (κ2) is 9.79. The molecule has 0 saturated carbocycles. The van der Waals surface area contributed by atoms with Crippen LogP contribution in [0.15, 0.2) is 70.6 Å². The van der Waals surface area contributed by atoms with Gasteiger partial charge in [0.2, 0.25) is 16.8 Å². The summed E-state index contributed by atoms with van der Waals surface area (Å²) in [7, 11) is -2.92. The number of para-hydroxylation sites is 1. The van der Waals surface area contributed by atoms with Crippen molar-refractivity contribution < 1.29 is 32.2 Å². The van der Waals surface area contributed by atoms with Gasteiger partial charge < -0.3 is 14.2 Å². The van der Waals surface area contributed by atoms with Crippen LogP contribution in [0, 0.1) is 12.8 Å². The van der Waals surface area contributed by atoms with E-state index in [0.29, 0.717) is 22.4 Å². The molecule has 2 aliphatic rings. The number of amides is 1. The molecule has 1 atom stereocenters. The van der Waals surface area contributed by atoms with Crippen LogP contribution in [0.5, 0.6) is 11.5 Å². The Kier molecular flexibility index (Phi) is 6.53. The highest BCUT2D eigenvalue weighted by Gasteiger charge is 2.31. The van der Waals surface area contributed by atoms with Crippen molar-refractivity contribution in [1.82, 2.24) is 4.31 Å². The fourth-order valence-corrected chi connectivity index (χ4v) is 5.84. The Balaban J connectivity index is 1.54. The zero-order valence-corrected chi connectivity index (χ0v) is 21.0. The van der Waals surface area contributed by atoms with Gasteiger partial charge in [0, 0.05) is 13.1 Å².